The number of fused-ring (bicyclic) bond motifs is 2. The van der Waals surface area contributed by atoms with E-state index in [9.17, 15) is 9.90 Å². The lowest BCUT2D eigenvalue weighted by Crippen LogP contribution is -2.45. The van der Waals surface area contributed by atoms with Gasteiger partial charge in [-0.15, -0.1) is 0 Å². The summed E-state index contributed by atoms with van der Waals surface area (Å²) in [4.78, 5) is 19.7. The number of aromatic hydroxyl groups is 1. The first kappa shape index (κ1) is 19.6. The predicted molar refractivity (Wildman–Crippen MR) is 122 cm³/mol. The van der Waals surface area contributed by atoms with Gasteiger partial charge in [-0.3, -0.25) is 4.79 Å². The molecule has 1 fully saturated rings. The quantitative estimate of drug-likeness (QED) is 0.534. The number of phenolic OH excluding ortho intramolecular Hbond substituents is 1. The Morgan fingerprint density at radius 1 is 1.26 bits per heavy atom. The molecule has 1 aliphatic heterocycles. The van der Waals surface area contributed by atoms with Crippen LogP contribution in [0.15, 0.2) is 42.5 Å². The first-order valence-electron chi connectivity index (χ1n) is 10.8. The first-order chi connectivity index (χ1) is 15.0. The number of hydrogen-bond acceptors (Lipinski definition) is 4. The minimum Gasteiger partial charge on any atom is -0.506 e. The number of rotatable bonds is 3. The third-order valence-corrected chi connectivity index (χ3v) is 6.32. The van der Waals surface area contributed by atoms with Gasteiger partial charge in [-0.05, 0) is 50.1 Å². The highest BCUT2D eigenvalue weighted by Gasteiger charge is 2.23. The van der Waals surface area contributed by atoms with E-state index in [0.29, 0.717) is 18.7 Å². The van der Waals surface area contributed by atoms with Crippen LogP contribution in [0.1, 0.15) is 30.1 Å². The van der Waals surface area contributed by atoms with Gasteiger partial charge in [-0.25, -0.2) is 4.98 Å². The zero-order valence-corrected chi connectivity index (χ0v) is 17.9. The number of amides is 1. The zero-order chi connectivity index (χ0) is 21.7. The van der Waals surface area contributed by atoms with Crippen molar-refractivity contribution in [3.05, 3.63) is 48.0 Å². The Morgan fingerprint density at radius 2 is 2.10 bits per heavy atom. The molecule has 1 saturated heterocycles. The molecule has 0 unspecified atom stereocenters. The third kappa shape index (κ3) is 3.16. The molecule has 2 aromatic heterocycles. The number of benzene rings is 2. The Balaban J connectivity index is 1.59. The van der Waals surface area contributed by atoms with Crippen LogP contribution < -0.4 is 5.73 Å². The molecule has 31 heavy (non-hydrogen) atoms. The second kappa shape index (κ2) is 7.42. The number of piperidine rings is 1. The minimum absolute atomic E-state index is 0.0110. The molecular formula is C24H27N5O2. The van der Waals surface area contributed by atoms with Crippen molar-refractivity contribution < 1.29 is 9.90 Å². The smallest absolute Gasteiger partial charge is 0.253 e. The van der Waals surface area contributed by atoms with Crippen molar-refractivity contribution in [1.29, 1.82) is 0 Å². The van der Waals surface area contributed by atoms with Gasteiger partial charge in [0.1, 0.15) is 5.75 Å². The predicted octanol–water partition coefficient (Wildman–Crippen LogP) is 3.48. The number of aryl methyl sites for hydroxylation is 2. The maximum absolute atomic E-state index is 13.0. The summed E-state index contributed by atoms with van der Waals surface area (Å²) in [6.07, 6.45) is 1.91. The lowest BCUT2D eigenvalue weighted by atomic mass is 10.1. The normalized spacial score (nSPS) is 17.0. The summed E-state index contributed by atoms with van der Waals surface area (Å²) < 4.78 is 4.12. The molecule has 0 bridgehead atoms. The van der Waals surface area contributed by atoms with Gasteiger partial charge >= 0.3 is 0 Å². The maximum atomic E-state index is 13.0. The number of carbonyl (C=O) groups excluding carboxylic acids is 1. The fourth-order valence-corrected chi connectivity index (χ4v) is 4.76. The van der Waals surface area contributed by atoms with E-state index in [2.05, 4.69) is 17.6 Å². The molecule has 0 spiro atoms. The van der Waals surface area contributed by atoms with Crippen molar-refractivity contribution >= 4 is 27.8 Å². The fraction of sp³-hybridized carbons (Fsp3) is 0.333. The Labute approximate surface area is 180 Å². The van der Waals surface area contributed by atoms with Gasteiger partial charge in [0.25, 0.3) is 5.91 Å². The molecule has 3 N–H and O–H groups in total. The van der Waals surface area contributed by atoms with E-state index in [1.165, 1.54) is 0 Å². The standard InChI is InChI=1S/C24H27N5O2/c1-3-29-20(13-15-6-4-8-21(30)22(15)29)23-26-18-12-16(9-10-19(18)27(23)2)24(31)28-11-5-7-17(25)14-28/h4,6,8-10,12-13,17,30H,3,5,7,11,14,25H2,1-2H3/t17-/m1/s1. The highest BCUT2D eigenvalue weighted by molar-refractivity contribution is 5.98. The molecule has 7 nitrogen and oxygen atoms in total. The van der Waals surface area contributed by atoms with Crippen LogP contribution in [0.25, 0.3) is 33.5 Å². The molecule has 0 saturated carbocycles. The number of carbonyl (C=O) groups is 1. The van der Waals surface area contributed by atoms with Gasteiger partial charge in [0.2, 0.25) is 0 Å². The zero-order valence-electron chi connectivity index (χ0n) is 17.9. The molecule has 4 aromatic rings. The summed E-state index contributed by atoms with van der Waals surface area (Å²) in [5.74, 6) is 1.07. The van der Waals surface area contributed by atoms with E-state index in [4.69, 9.17) is 10.7 Å². The Kier molecular flexibility index (Phi) is 4.70. The van der Waals surface area contributed by atoms with Crippen molar-refractivity contribution in [2.24, 2.45) is 12.8 Å². The van der Waals surface area contributed by atoms with Crippen LogP contribution in [0, 0.1) is 0 Å². The first-order valence-corrected chi connectivity index (χ1v) is 10.8. The average Bonchev–Trinajstić information content (AvgIpc) is 3.31. The third-order valence-electron chi connectivity index (χ3n) is 6.32. The second-order valence-electron chi connectivity index (χ2n) is 8.34. The molecular weight excluding hydrogens is 390 g/mol. The van der Waals surface area contributed by atoms with E-state index >= 15 is 0 Å². The molecule has 1 amide bonds. The van der Waals surface area contributed by atoms with E-state index in [1.54, 1.807) is 6.07 Å². The summed E-state index contributed by atoms with van der Waals surface area (Å²) in [6, 6.07) is 13.4. The summed E-state index contributed by atoms with van der Waals surface area (Å²) in [6.45, 7) is 4.11. The van der Waals surface area contributed by atoms with Gasteiger partial charge in [0.05, 0.1) is 22.2 Å². The van der Waals surface area contributed by atoms with Gasteiger partial charge in [-0.1, -0.05) is 12.1 Å². The number of nitrogens with two attached hydrogens (primary N) is 1. The second-order valence-corrected chi connectivity index (χ2v) is 8.34. The Morgan fingerprint density at radius 3 is 2.87 bits per heavy atom. The number of hydrogen-bond donors (Lipinski definition) is 2. The molecule has 2 aromatic carbocycles. The van der Waals surface area contributed by atoms with Gasteiger partial charge in [-0.2, -0.15) is 0 Å². The van der Waals surface area contributed by atoms with Crippen molar-refractivity contribution in [3.63, 3.8) is 0 Å². The summed E-state index contributed by atoms with van der Waals surface area (Å²) >= 11 is 0. The molecule has 160 valence electrons. The highest BCUT2D eigenvalue weighted by atomic mass is 16.3. The average molecular weight is 418 g/mol. The van der Waals surface area contributed by atoms with Crippen molar-refractivity contribution in [3.8, 4) is 17.3 Å². The van der Waals surface area contributed by atoms with Crippen LogP contribution in [-0.4, -0.2) is 49.2 Å². The molecule has 5 rings (SSSR count). The van der Waals surface area contributed by atoms with Gasteiger partial charge in [0.15, 0.2) is 5.82 Å². The van der Waals surface area contributed by atoms with E-state index in [0.717, 1.165) is 52.8 Å². The monoisotopic (exact) mass is 417 g/mol. The largest absolute Gasteiger partial charge is 0.506 e. The van der Waals surface area contributed by atoms with Crippen LogP contribution >= 0.6 is 0 Å². The lowest BCUT2D eigenvalue weighted by molar-refractivity contribution is 0.0709. The minimum atomic E-state index is 0.0110. The van der Waals surface area contributed by atoms with Crippen LogP contribution in [0.5, 0.6) is 5.75 Å². The van der Waals surface area contributed by atoms with E-state index in [-0.39, 0.29) is 17.7 Å². The summed E-state index contributed by atoms with van der Waals surface area (Å²) in [7, 11) is 1.98. The molecule has 7 heteroatoms. The van der Waals surface area contributed by atoms with E-state index < -0.39 is 0 Å². The number of likely N-dealkylation sites (tertiary alicyclic amines) is 1. The number of nitrogens with zero attached hydrogens (tertiary/aromatic N) is 4. The molecule has 3 heterocycles. The lowest BCUT2D eigenvalue weighted by Gasteiger charge is -2.30. The van der Waals surface area contributed by atoms with Crippen molar-refractivity contribution in [2.75, 3.05) is 13.1 Å². The van der Waals surface area contributed by atoms with Crippen LogP contribution in [0.4, 0.5) is 0 Å². The van der Waals surface area contributed by atoms with Crippen LogP contribution in [-0.2, 0) is 13.6 Å². The molecule has 0 radical (unpaired) electrons. The number of para-hydroxylation sites is 1. The SMILES string of the molecule is CCn1c(-c2nc3cc(C(=O)N4CCC[C@@H](N)C4)ccc3n2C)cc2cccc(O)c21. The molecule has 1 atom stereocenters. The Hall–Kier alpha value is -3.32. The van der Waals surface area contributed by atoms with Gasteiger partial charge < -0.3 is 24.9 Å². The van der Waals surface area contributed by atoms with Crippen LogP contribution in [0.2, 0.25) is 0 Å². The fourth-order valence-electron chi connectivity index (χ4n) is 4.76. The van der Waals surface area contributed by atoms with Crippen molar-refractivity contribution in [2.45, 2.75) is 32.4 Å². The molecule has 1 aliphatic rings. The van der Waals surface area contributed by atoms with Crippen LogP contribution in [0.3, 0.4) is 0 Å². The van der Waals surface area contributed by atoms with Crippen molar-refractivity contribution in [1.82, 2.24) is 19.0 Å². The molecule has 0 aliphatic carbocycles. The maximum Gasteiger partial charge on any atom is 0.253 e. The van der Waals surface area contributed by atoms with E-state index in [1.807, 2.05) is 46.8 Å². The number of aromatic nitrogens is 3. The summed E-state index contributed by atoms with van der Waals surface area (Å²) in [5.41, 5.74) is 10.2. The summed E-state index contributed by atoms with van der Waals surface area (Å²) in [5, 5.41) is 11.4. The number of imidazole rings is 1. The topological polar surface area (TPSA) is 89.3 Å². The van der Waals surface area contributed by atoms with Gasteiger partial charge in [0, 0.05) is 43.7 Å². The Bertz CT molecular complexity index is 1300. The number of phenols is 1. The highest BCUT2D eigenvalue weighted by Crippen LogP contribution is 2.34.